The van der Waals surface area contributed by atoms with Crippen molar-refractivity contribution in [3.63, 3.8) is 0 Å². The molecule has 257 valence electrons. The summed E-state index contributed by atoms with van der Waals surface area (Å²) >= 11 is 5.36. The fourth-order valence-corrected chi connectivity index (χ4v) is 8.94. The number of rotatable bonds is 8. The van der Waals surface area contributed by atoms with Crippen LogP contribution in [0.25, 0.3) is 51.7 Å². The summed E-state index contributed by atoms with van der Waals surface area (Å²) in [5, 5.41) is 19.4. The fraction of sp³-hybridized carbons (Fsp3) is 0.425. The Labute approximate surface area is 311 Å². The van der Waals surface area contributed by atoms with Crippen LogP contribution in [0.2, 0.25) is 0 Å². The van der Waals surface area contributed by atoms with Crippen molar-refractivity contribution in [3.8, 4) is 11.3 Å². The van der Waals surface area contributed by atoms with E-state index in [1.807, 2.05) is 52.9 Å². The molecule has 0 aliphatic heterocycles. The van der Waals surface area contributed by atoms with Crippen LogP contribution in [0.5, 0.6) is 0 Å². The van der Waals surface area contributed by atoms with Crippen molar-refractivity contribution in [2.24, 2.45) is 10.8 Å². The minimum absolute atomic E-state index is 0. The zero-order valence-corrected chi connectivity index (χ0v) is 34.6. The molecule has 48 heavy (non-hydrogen) atoms. The first kappa shape index (κ1) is 38.3. The zero-order valence-electron chi connectivity index (χ0n) is 29.8. The number of fused-ring (bicyclic) bond motifs is 5. The topological polar surface area (TPSA) is 63.1 Å². The van der Waals surface area contributed by atoms with Gasteiger partial charge in [-0.15, -0.1) is 46.3 Å². The predicted molar refractivity (Wildman–Crippen MR) is 206 cm³/mol. The van der Waals surface area contributed by atoms with Crippen LogP contribution in [0.4, 0.5) is 0 Å². The van der Waals surface area contributed by atoms with E-state index in [0.29, 0.717) is 0 Å². The predicted octanol–water partition coefficient (Wildman–Crippen LogP) is 13.0. The quantitative estimate of drug-likeness (QED) is 0.0940. The van der Waals surface area contributed by atoms with Crippen LogP contribution in [0, 0.1) is 23.8 Å². The third kappa shape index (κ3) is 7.20. The van der Waals surface area contributed by atoms with Gasteiger partial charge in [0, 0.05) is 57.5 Å². The molecular formula is C40H47IrN2O2S3-. The second kappa shape index (κ2) is 14.8. The van der Waals surface area contributed by atoms with E-state index in [4.69, 9.17) is 4.98 Å². The number of nitrogens with zero attached hydrogens (tertiary/aromatic N) is 2. The fourth-order valence-electron chi connectivity index (χ4n) is 5.83. The molecule has 0 amide bonds. The molecule has 2 aromatic carbocycles. The monoisotopic (exact) mass is 876 g/mol. The Morgan fingerprint density at radius 3 is 2.17 bits per heavy atom. The summed E-state index contributed by atoms with van der Waals surface area (Å²) in [7, 11) is 0. The molecular weight excluding hydrogens is 829 g/mol. The normalized spacial score (nSPS) is 12.8. The molecule has 0 aliphatic rings. The minimum Gasteiger partial charge on any atom is -0.512 e. The van der Waals surface area contributed by atoms with Gasteiger partial charge in [0.2, 0.25) is 0 Å². The van der Waals surface area contributed by atoms with Gasteiger partial charge in [-0.05, 0) is 82.0 Å². The number of ketones is 1. The number of hydrogen-bond acceptors (Lipinski definition) is 7. The summed E-state index contributed by atoms with van der Waals surface area (Å²) in [5.74, 6) is 0.286. The molecule has 0 unspecified atom stereocenters. The molecule has 1 radical (unpaired) electrons. The van der Waals surface area contributed by atoms with Gasteiger partial charge in [-0.1, -0.05) is 73.4 Å². The number of carbonyl (C=O) groups is 1. The number of hydrogen-bond donors (Lipinski definition) is 1. The molecule has 0 aliphatic carbocycles. The van der Waals surface area contributed by atoms with Crippen LogP contribution in [-0.4, -0.2) is 20.9 Å². The van der Waals surface area contributed by atoms with E-state index in [0.717, 1.165) is 47.2 Å². The molecule has 0 saturated carbocycles. The Morgan fingerprint density at radius 1 is 0.896 bits per heavy atom. The van der Waals surface area contributed by atoms with Crippen molar-refractivity contribution in [2.75, 3.05) is 0 Å². The van der Waals surface area contributed by atoms with Crippen LogP contribution in [-0.2, 0) is 30.3 Å². The number of thiophene rings is 3. The second-order valence-electron chi connectivity index (χ2n) is 14.2. The largest absolute Gasteiger partial charge is 0.512 e. The first-order valence-electron chi connectivity index (χ1n) is 16.6. The molecule has 0 saturated heterocycles. The maximum Gasteiger partial charge on any atom is 0.164 e. The van der Waals surface area contributed by atoms with Crippen molar-refractivity contribution < 1.29 is 30.0 Å². The first-order chi connectivity index (χ1) is 22.2. The van der Waals surface area contributed by atoms with Crippen LogP contribution in [0.15, 0.2) is 53.2 Å². The molecule has 4 heterocycles. The Morgan fingerprint density at radius 2 is 1.54 bits per heavy atom. The van der Waals surface area contributed by atoms with Gasteiger partial charge in [-0.25, -0.2) is 4.98 Å². The molecule has 8 heteroatoms. The summed E-state index contributed by atoms with van der Waals surface area (Å²) in [6.45, 7) is 21.1. The maximum atomic E-state index is 12.2. The summed E-state index contributed by atoms with van der Waals surface area (Å²) < 4.78 is 3.91. The van der Waals surface area contributed by atoms with Crippen molar-refractivity contribution in [1.29, 1.82) is 0 Å². The smallest absolute Gasteiger partial charge is 0.164 e. The van der Waals surface area contributed by atoms with Crippen molar-refractivity contribution in [2.45, 2.75) is 100 Å². The molecule has 0 atom stereocenters. The Balaban J connectivity index is 0.000000251. The minimum atomic E-state index is -0.337. The third-order valence-corrected chi connectivity index (χ3v) is 13.4. The summed E-state index contributed by atoms with van der Waals surface area (Å²) in [4.78, 5) is 22.6. The van der Waals surface area contributed by atoms with E-state index in [9.17, 15) is 9.90 Å². The number of aliphatic hydroxyl groups is 1. The van der Waals surface area contributed by atoms with E-state index >= 15 is 0 Å². The van der Waals surface area contributed by atoms with Crippen molar-refractivity contribution in [3.05, 3.63) is 70.4 Å². The van der Waals surface area contributed by atoms with Crippen molar-refractivity contribution in [1.82, 2.24) is 9.97 Å². The average Bonchev–Trinajstić information content (AvgIpc) is 3.78. The molecule has 1 N–H and O–H groups in total. The average molecular weight is 876 g/mol. The molecule has 4 nitrogen and oxygen atoms in total. The first-order valence-corrected chi connectivity index (χ1v) is 19.2. The number of aryl methyl sites for hydroxylation is 1. The molecule has 4 aromatic heterocycles. The Hall–Kier alpha value is -2.48. The van der Waals surface area contributed by atoms with Crippen molar-refractivity contribution >= 4 is 80.3 Å². The van der Waals surface area contributed by atoms with Crippen LogP contribution in [0.1, 0.15) is 99.1 Å². The van der Waals surface area contributed by atoms with Gasteiger partial charge in [0.05, 0.1) is 0 Å². The van der Waals surface area contributed by atoms with E-state index in [-0.39, 0.29) is 47.9 Å². The van der Waals surface area contributed by atoms with Gasteiger partial charge >= 0.3 is 0 Å². The number of benzene rings is 2. The molecule has 0 spiro atoms. The Kier molecular flexibility index (Phi) is 11.8. The van der Waals surface area contributed by atoms with E-state index in [2.05, 4.69) is 73.8 Å². The van der Waals surface area contributed by atoms with Crippen LogP contribution < -0.4 is 0 Å². The Bertz CT molecular complexity index is 2100. The summed E-state index contributed by atoms with van der Waals surface area (Å²) in [5.41, 5.74) is 4.18. The summed E-state index contributed by atoms with van der Waals surface area (Å²) in [6, 6.07) is 12.7. The summed E-state index contributed by atoms with van der Waals surface area (Å²) in [6.07, 6.45) is 6.45. The van der Waals surface area contributed by atoms with Gasteiger partial charge in [-0.2, -0.15) is 11.3 Å². The van der Waals surface area contributed by atoms with Crippen LogP contribution in [0.3, 0.4) is 0 Å². The standard InChI is InChI=1S/C25H19N2S3.C15H28O2.Ir/c1-13-11-29-19-10-17-20(9-16(13)19)30-24-21(17)22(26-12-27-24)15-7-14-5-6-28-23(14)18(8-15)25(2,3)4;1-7-14(5,8-2)12(16)11-13(17)15(6,9-3)10-4;/h5-6,8-12H,1-4H3;11,16H,7-10H2,1-6H3;/q-1;;/b;12-11-;. The van der Waals surface area contributed by atoms with Gasteiger partial charge < -0.3 is 5.11 Å². The molecule has 6 rings (SSSR count). The van der Waals surface area contributed by atoms with Gasteiger partial charge in [0.25, 0.3) is 0 Å². The third-order valence-electron chi connectivity index (χ3n) is 10.3. The van der Waals surface area contributed by atoms with Gasteiger partial charge in [0.1, 0.15) is 16.9 Å². The molecule has 0 bridgehead atoms. The maximum absolute atomic E-state index is 12.2. The van der Waals surface area contributed by atoms with Gasteiger partial charge in [-0.3, -0.25) is 9.78 Å². The van der Waals surface area contributed by atoms with E-state index < -0.39 is 0 Å². The number of carbonyl (C=O) groups excluding carboxylic acids is 1. The van der Waals surface area contributed by atoms with E-state index in [1.54, 1.807) is 29.0 Å². The zero-order chi connectivity index (χ0) is 34.3. The van der Waals surface area contributed by atoms with Gasteiger partial charge in [0.15, 0.2) is 5.78 Å². The SMILES string of the molecule is CCC(C)(CC)C(=O)/C=C(\O)C(C)(CC)CC.Cc1csc2cc3c(cc12)sc1ncnc(-c2[c-]c4ccsc4c(C(C)(C)C)c2)c13.[Ir]. The second-order valence-corrected chi connectivity index (χ2v) is 17.1. The van der Waals surface area contributed by atoms with E-state index in [1.165, 1.54) is 47.5 Å². The number of aliphatic hydroxyl groups excluding tert-OH is 1. The molecule has 6 aromatic rings. The number of aromatic nitrogens is 2. The van der Waals surface area contributed by atoms with Crippen LogP contribution >= 0.6 is 34.0 Å². The number of allylic oxidation sites excluding steroid dienone is 2. The molecule has 0 fully saturated rings.